The zero-order valence-electron chi connectivity index (χ0n) is 23.0. The van der Waals surface area contributed by atoms with Crippen molar-refractivity contribution >= 4 is 35.2 Å². The molecule has 4 nitrogen and oxygen atoms in total. The molecule has 12 bridgehead atoms. The Kier molecular flexibility index (Phi) is 6.91. The summed E-state index contributed by atoms with van der Waals surface area (Å²) in [6.07, 6.45) is 11.7. The van der Waals surface area contributed by atoms with Crippen LogP contribution in [0.15, 0.2) is 82.8 Å². The van der Waals surface area contributed by atoms with Gasteiger partial charge in [-0.05, 0) is 120 Å². The molecule has 0 atom stereocenters. The maximum atomic E-state index is 4.92. The second kappa shape index (κ2) is 11.1. The number of aliphatic imine (C=N–C) groups is 2. The molecule has 4 heteroatoms. The van der Waals surface area contributed by atoms with E-state index in [4.69, 9.17) is 9.98 Å². The van der Waals surface area contributed by atoms with Gasteiger partial charge in [-0.25, -0.2) is 0 Å². The Morgan fingerprint density at radius 1 is 0.400 bits per heavy atom. The van der Waals surface area contributed by atoms with Crippen molar-refractivity contribution in [2.24, 2.45) is 9.98 Å². The summed E-state index contributed by atoms with van der Waals surface area (Å²) in [6, 6.07) is 27.7. The molecule has 0 spiro atoms. The van der Waals surface area contributed by atoms with Crippen molar-refractivity contribution in [3.8, 4) is 0 Å². The predicted molar refractivity (Wildman–Crippen MR) is 169 cm³/mol. The molecule has 0 saturated carbocycles. The summed E-state index contributed by atoms with van der Waals surface area (Å²) >= 11 is 0. The van der Waals surface area contributed by atoms with E-state index in [9.17, 15) is 0 Å². The van der Waals surface area contributed by atoms with E-state index in [2.05, 4.69) is 83.4 Å². The monoisotopic (exact) mass is 524 g/mol. The van der Waals surface area contributed by atoms with Gasteiger partial charge in [0.1, 0.15) is 0 Å². The highest BCUT2D eigenvalue weighted by Crippen LogP contribution is 2.29. The Bertz CT molecular complexity index is 1490. The van der Waals surface area contributed by atoms with Crippen LogP contribution >= 0.6 is 0 Å². The highest BCUT2D eigenvalue weighted by Gasteiger charge is 2.13. The summed E-state index contributed by atoms with van der Waals surface area (Å²) in [5.74, 6) is 0. The maximum Gasteiger partial charge on any atom is 0.0665 e. The van der Waals surface area contributed by atoms with Gasteiger partial charge in [0.15, 0.2) is 0 Å². The van der Waals surface area contributed by atoms with Crippen LogP contribution < -0.4 is 10.6 Å². The van der Waals surface area contributed by atoms with Gasteiger partial charge in [-0.2, -0.15) is 0 Å². The summed E-state index contributed by atoms with van der Waals surface area (Å²) in [7, 11) is 0. The number of nitrogens with one attached hydrogen (secondary N) is 2. The lowest BCUT2D eigenvalue weighted by atomic mass is 9.94. The minimum absolute atomic E-state index is 0.884. The van der Waals surface area contributed by atoms with Gasteiger partial charge in [0.05, 0.1) is 11.4 Å². The van der Waals surface area contributed by atoms with E-state index < -0.39 is 0 Å². The van der Waals surface area contributed by atoms with Crippen molar-refractivity contribution in [1.29, 1.82) is 0 Å². The topological polar surface area (TPSA) is 48.8 Å². The number of benzene rings is 4. The summed E-state index contributed by atoms with van der Waals surface area (Å²) < 4.78 is 0. The number of hydrogen-bond acceptors (Lipinski definition) is 4. The van der Waals surface area contributed by atoms with E-state index in [0.29, 0.717) is 0 Å². The SMILES string of the molecule is C1=Nc2cc3ccc2CCc2ccc(c(c2)NCCNc2cc4ccc2CCc2ccc(c(c2)N=C1)CC4)CC3. The summed E-state index contributed by atoms with van der Waals surface area (Å²) in [4.78, 5) is 9.84. The average molecular weight is 525 g/mol. The van der Waals surface area contributed by atoms with Gasteiger partial charge in [0.25, 0.3) is 0 Å². The standard InChI is InChI=1S/C36H36N4/c1-9-29-14-6-26-2-10-30-13-5-25(1)21-33(29)37-17-18-39-35-23-27-3-11-31(35)15-7-28-4-12-32(16-8-27)36(24-28)40-20-19-38-34(30)22-26/h1-4,9-12,17-18,21-24,38,40H,5-8,13-16,19-20H2. The normalized spacial score (nSPS) is 16.2. The van der Waals surface area contributed by atoms with Crippen molar-refractivity contribution in [3.63, 3.8) is 0 Å². The number of hydrogen-bond donors (Lipinski definition) is 2. The first-order valence-corrected chi connectivity index (χ1v) is 14.8. The Balaban J connectivity index is 1.29. The van der Waals surface area contributed by atoms with Crippen LogP contribution in [0, 0.1) is 0 Å². The maximum absolute atomic E-state index is 4.92. The molecule has 0 radical (unpaired) electrons. The Labute approximate surface area is 237 Å². The van der Waals surface area contributed by atoms with Gasteiger partial charge in [0.2, 0.25) is 0 Å². The lowest BCUT2D eigenvalue weighted by molar-refractivity contribution is 0.914. The first kappa shape index (κ1) is 24.8. The Morgan fingerprint density at radius 2 is 0.775 bits per heavy atom. The van der Waals surface area contributed by atoms with Crippen molar-refractivity contribution in [3.05, 3.63) is 117 Å². The lowest BCUT2D eigenvalue weighted by Gasteiger charge is -2.19. The highest BCUT2D eigenvalue weighted by atomic mass is 15.0. The van der Waals surface area contributed by atoms with Gasteiger partial charge < -0.3 is 10.6 Å². The molecule has 0 fully saturated rings. The molecule has 4 aromatic carbocycles. The van der Waals surface area contributed by atoms with Crippen LogP contribution in [0.3, 0.4) is 0 Å². The van der Waals surface area contributed by atoms with Crippen LogP contribution in [0.2, 0.25) is 0 Å². The van der Waals surface area contributed by atoms with E-state index in [1.807, 2.05) is 12.4 Å². The van der Waals surface area contributed by atoms with Gasteiger partial charge in [-0.15, -0.1) is 0 Å². The summed E-state index contributed by atoms with van der Waals surface area (Å²) in [5, 5.41) is 7.56. The van der Waals surface area contributed by atoms with E-state index >= 15 is 0 Å². The summed E-state index contributed by atoms with van der Waals surface area (Å²) in [6.45, 7) is 1.77. The summed E-state index contributed by atoms with van der Waals surface area (Å²) in [5.41, 5.74) is 15.4. The third-order valence-corrected chi connectivity index (χ3v) is 8.63. The zero-order chi connectivity index (χ0) is 26.7. The van der Waals surface area contributed by atoms with E-state index in [-0.39, 0.29) is 0 Å². The number of rotatable bonds is 0. The molecule has 9 aliphatic rings. The molecule has 40 heavy (non-hydrogen) atoms. The van der Waals surface area contributed by atoms with Crippen LogP contribution in [0.1, 0.15) is 44.5 Å². The molecule has 0 saturated heterocycles. The van der Waals surface area contributed by atoms with Gasteiger partial charge in [0, 0.05) is 36.9 Å². The molecular weight excluding hydrogens is 488 g/mol. The highest BCUT2D eigenvalue weighted by molar-refractivity contribution is 6.17. The first-order valence-electron chi connectivity index (χ1n) is 14.8. The molecule has 8 aliphatic carbocycles. The second-order valence-electron chi connectivity index (χ2n) is 11.3. The smallest absolute Gasteiger partial charge is 0.0665 e. The molecule has 13 rings (SSSR count). The van der Waals surface area contributed by atoms with E-state index in [1.54, 1.807) is 0 Å². The fourth-order valence-corrected chi connectivity index (χ4v) is 6.25. The fraction of sp³-hybridized carbons (Fsp3) is 0.278. The molecule has 0 aromatic heterocycles. The van der Waals surface area contributed by atoms with Crippen LogP contribution in [0.5, 0.6) is 0 Å². The quantitative estimate of drug-likeness (QED) is 0.252. The van der Waals surface area contributed by atoms with Gasteiger partial charge in [-0.1, -0.05) is 48.5 Å². The van der Waals surface area contributed by atoms with E-state index in [0.717, 1.165) is 75.8 Å². The first-order chi connectivity index (χ1) is 19.8. The van der Waals surface area contributed by atoms with Crippen LogP contribution in [0.4, 0.5) is 22.7 Å². The lowest BCUT2D eigenvalue weighted by Crippen LogP contribution is -2.16. The predicted octanol–water partition coefficient (Wildman–Crippen LogP) is 7.40. The molecule has 1 aliphatic heterocycles. The van der Waals surface area contributed by atoms with Crippen LogP contribution in [-0.4, -0.2) is 25.5 Å². The molecule has 0 amide bonds. The molecule has 200 valence electrons. The molecule has 1 heterocycles. The molecular formula is C36H36N4. The average Bonchev–Trinajstić information content (AvgIpc) is 2.96. The third-order valence-electron chi connectivity index (χ3n) is 8.63. The van der Waals surface area contributed by atoms with E-state index in [1.165, 1.54) is 55.9 Å². The largest absolute Gasteiger partial charge is 0.383 e. The minimum Gasteiger partial charge on any atom is -0.383 e. The van der Waals surface area contributed by atoms with Crippen molar-refractivity contribution in [2.75, 3.05) is 23.7 Å². The molecule has 2 N–H and O–H groups in total. The third kappa shape index (κ3) is 5.44. The van der Waals surface area contributed by atoms with Crippen LogP contribution in [0.25, 0.3) is 0 Å². The van der Waals surface area contributed by atoms with Crippen molar-refractivity contribution in [1.82, 2.24) is 0 Å². The fourth-order valence-electron chi connectivity index (χ4n) is 6.25. The Morgan fingerprint density at radius 3 is 1.23 bits per heavy atom. The number of aryl methyl sites for hydroxylation is 8. The van der Waals surface area contributed by atoms with Gasteiger partial charge in [-0.3, -0.25) is 9.98 Å². The number of nitrogens with zero attached hydrogens (tertiary/aromatic N) is 2. The number of anilines is 2. The Hall–Kier alpha value is -4.18. The molecule has 0 unspecified atom stereocenters. The van der Waals surface area contributed by atoms with Gasteiger partial charge >= 0.3 is 0 Å². The van der Waals surface area contributed by atoms with Crippen molar-refractivity contribution in [2.45, 2.75) is 51.4 Å². The van der Waals surface area contributed by atoms with Crippen molar-refractivity contribution < 1.29 is 0 Å². The van der Waals surface area contributed by atoms with Crippen LogP contribution in [-0.2, 0) is 51.4 Å². The molecule has 4 aromatic rings. The zero-order valence-corrected chi connectivity index (χ0v) is 23.0. The second-order valence-corrected chi connectivity index (χ2v) is 11.3. The minimum atomic E-state index is 0.884.